The molecule has 0 aromatic carbocycles. The first-order chi connectivity index (χ1) is 10.6. The lowest BCUT2D eigenvalue weighted by Gasteiger charge is -2.40. The number of aromatic nitrogens is 3. The van der Waals surface area contributed by atoms with Gasteiger partial charge in [-0.25, -0.2) is 14.4 Å². The number of rotatable bonds is 4. The Bertz CT molecular complexity index is 609. The summed E-state index contributed by atoms with van der Waals surface area (Å²) in [6.45, 7) is 6.11. The minimum Gasteiger partial charge on any atom is -0.351 e. The van der Waals surface area contributed by atoms with E-state index in [1.807, 2.05) is 19.4 Å². The van der Waals surface area contributed by atoms with Crippen LogP contribution in [0.4, 0.5) is 10.2 Å². The van der Waals surface area contributed by atoms with E-state index in [1.165, 1.54) is 12.3 Å². The second kappa shape index (κ2) is 6.44. The van der Waals surface area contributed by atoms with Crippen LogP contribution in [0.2, 0.25) is 0 Å². The molecule has 2 aromatic rings. The Hall–Kier alpha value is -1.95. The molecule has 3 heterocycles. The summed E-state index contributed by atoms with van der Waals surface area (Å²) >= 11 is 0. The van der Waals surface area contributed by atoms with Gasteiger partial charge in [0.15, 0.2) is 0 Å². The van der Waals surface area contributed by atoms with Gasteiger partial charge in [0.2, 0.25) is 0 Å². The molecular formula is C16H22FN5. The smallest absolute Gasteiger partial charge is 0.141 e. The zero-order valence-electron chi connectivity index (χ0n) is 13.1. The van der Waals surface area contributed by atoms with Crippen LogP contribution in [-0.2, 0) is 13.5 Å². The molecule has 0 saturated carbocycles. The zero-order valence-corrected chi connectivity index (χ0v) is 13.1. The minimum absolute atomic E-state index is 0.287. The predicted octanol–water partition coefficient (Wildman–Crippen LogP) is 1.71. The maximum Gasteiger partial charge on any atom is 0.141 e. The third kappa shape index (κ3) is 3.27. The molecule has 0 spiro atoms. The Labute approximate surface area is 130 Å². The van der Waals surface area contributed by atoms with Crippen LogP contribution in [0.25, 0.3) is 0 Å². The molecular weight excluding hydrogens is 281 g/mol. The fourth-order valence-electron chi connectivity index (χ4n) is 3.01. The molecule has 0 N–H and O–H groups in total. The van der Waals surface area contributed by atoms with Gasteiger partial charge in [-0.05, 0) is 19.1 Å². The Balaban J connectivity index is 1.55. The van der Waals surface area contributed by atoms with Crippen molar-refractivity contribution in [1.29, 1.82) is 0 Å². The summed E-state index contributed by atoms with van der Waals surface area (Å²) in [5.41, 5.74) is 0. The average molecular weight is 303 g/mol. The zero-order chi connectivity index (χ0) is 15.5. The van der Waals surface area contributed by atoms with E-state index in [-0.39, 0.29) is 5.82 Å². The summed E-state index contributed by atoms with van der Waals surface area (Å²) in [6, 6.07) is 3.60. The number of halogens is 1. The summed E-state index contributed by atoms with van der Waals surface area (Å²) in [6.07, 6.45) is 6.08. The van der Waals surface area contributed by atoms with Crippen molar-refractivity contribution in [3.8, 4) is 0 Å². The minimum atomic E-state index is -0.287. The van der Waals surface area contributed by atoms with Gasteiger partial charge in [0, 0.05) is 58.1 Å². The Morgan fingerprint density at radius 2 is 2.14 bits per heavy atom. The molecule has 1 aliphatic rings. The van der Waals surface area contributed by atoms with Crippen molar-refractivity contribution in [3.05, 3.63) is 42.4 Å². The highest BCUT2D eigenvalue weighted by Crippen LogP contribution is 2.18. The van der Waals surface area contributed by atoms with Crippen LogP contribution in [0.5, 0.6) is 0 Å². The van der Waals surface area contributed by atoms with E-state index in [0.717, 1.165) is 44.2 Å². The number of hydrogen-bond acceptors (Lipinski definition) is 4. The van der Waals surface area contributed by atoms with Crippen molar-refractivity contribution in [2.24, 2.45) is 7.05 Å². The first-order valence-corrected chi connectivity index (χ1v) is 7.70. The van der Waals surface area contributed by atoms with E-state index in [2.05, 4.69) is 31.3 Å². The van der Waals surface area contributed by atoms with E-state index >= 15 is 0 Å². The van der Waals surface area contributed by atoms with Crippen LogP contribution >= 0.6 is 0 Å². The summed E-state index contributed by atoms with van der Waals surface area (Å²) in [5, 5.41) is 0. The maximum absolute atomic E-state index is 13.0. The number of imidazole rings is 1. The van der Waals surface area contributed by atoms with E-state index in [1.54, 1.807) is 6.07 Å². The lowest BCUT2D eigenvalue weighted by Crippen LogP contribution is -2.52. The second-order valence-electron chi connectivity index (χ2n) is 5.88. The van der Waals surface area contributed by atoms with E-state index in [9.17, 15) is 4.39 Å². The lowest BCUT2D eigenvalue weighted by atomic mass is 10.1. The monoisotopic (exact) mass is 303 g/mol. The molecule has 1 aliphatic heterocycles. The average Bonchev–Trinajstić information content (AvgIpc) is 2.92. The molecule has 22 heavy (non-hydrogen) atoms. The Morgan fingerprint density at radius 3 is 2.77 bits per heavy atom. The van der Waals surface area contributed by atoms with Crippen LogP contribution in [-0.4, -0.2) is 51.7 Å². The molecule has 0 amide bonds. The Kier molecular flexibility index (Phi) is 4.38. The van der Waals surface area contributed by atoms with Gasteiger partial charge in [-0.1, -0.05) is 0 Å². The van der Waals surface area contributed by atoms with Crippen LogP contribution in [0.3, 0.4) is 0 Å². The SMILES string of the molecule is CC1CN(CCc2nccn2C)CCN1c1ccc(F)cn1. The molecule has 2 aromatic heterocycles. The lowest BCUT2D eigenvalue weighted by molar-refractivity contribution is 0.229. The van der Waals surface area contributed by atoms with Gasteiger partial charge in [-0.2, -0.15) is 0 Å². The third-order valence-corrected chi connectivity index (χ3v) is 4.29. The molecule has 5 nitrogen and oxygen atoms in total. The number of hydrogen-bond donors (Lipinski definition) is 0. The first kappa shape index (κ1) is 15.0. The number of aryl methyl sites for hydroxylation is 1. The largest absolute Gasteiger partial charge is 0.351 e. The fourth-order valence-corrected chi connectivity index (χ4v) is 3.01. The van der Waals surface area contributed by atoms with Crippen LogP contribution in [0, 0.1) is 5.82 Å². The van der Waals surface area contributed by atoms with E-state index < -0.39 is 0 Å². The summed E-state index contributed by atoms with van der Waals surface area (Å²) in [5.74, 6) is 1.69. The standard InChI is InChI=1S/C16H22FN5/c1-13-12-21(7-5-15-18-6-8-20(15)2)9-10-22(13)16-4-3-14(17)11-19-16/h3-4,6,8,11,13H,5,7,9-10,12H2,1-2H3. The van der Waals surface area contributed by atoms with Gasteiger partial charge in [0.25, 0.3) is 0 Å². The molecule has 0 radical (unpaired) electrons. The highest BCUT2D eigenvalue weighted by molar-refractivity contribution is 5.40. The number of piperazine rings is 1. The highest BCUT2D eigenvalue weighted by Gasteiger charge is 2.24. The van der Waals surface area contributed by atoms with E-state index in [0.29, 0.717) is 6.04 Å². The van der Waals surface area contributed by atoms with Crippen molar-refractivity contribution >= 4 is 5.82 Å². The molecule has 6 heteroatoms. The molecule has 1 saturated heterocycles. The van der Waals surface area contributed by atoms with Gasteiger partial charge in [-0.15, -0.1) is 0 Å². The van der Waals surface area contributed by atoms with Crippen LogP contribution in [0.15, 0.2) is 30.7 Å². The summed E-state index contributed by atoms with van der Waals surface area (Å²) in [4.78, 5) is 13.3. The van der Waals surface area contributed by atoms with Gasteiger partial charge < -0.3 is 9.47 Å². The van der Waals surface area contributed by atoms with Gasteiger partial charge in [-0.3, -0.25) is 4.90 Å². The molecule has 0 bridgehead atoms. The molecule has 1 atom stereocenters. The number of anilines is 1. The van der Waals surface area contributed by atoms with Crippen molar-refractivity contribution in [1.82, 2.24) is 19.4 Å². The Morgan fingerprint density at radius 1 is 1.27 bits per heavy atom. The molecule has 1 fully saturated rings. The van der Waals surface area contributed by atoms with Crippen molar-refractivity contribution in [2.75, 3.05) is 31.1 Å². The third-order valence-electron chi connectivity index (χ3n) is 4.29. The van der Waals surface area contributed by atoms with Crippen LogP contribution in [0.1, 0.15) is 12.7 Å². The first-order valence-electron chi connectivity index (χ1n) is 7.70. The molecule has 1 unspecified atom stereocenters. The van der Waals surface area contributed by atoms with Gasteiger partial charge in [0.05, 0.1) is 6.20 Å². The van der Waals surface area contributed by atoms with Crippen LogP contribution < -0.4 is 4.90 Å². The number of nitrogens with zero attached hydrogens (tertiary/aromatic N) is 5. The quantitative estimate of drug-likeness (QED) is 0.862. The topological polar surface area (TPSA) is 37.2 Å². The molecule has 3 rings (SSSR count). The number of pyridine rings is 1. The van der Waals surface area contributed by atoms with Crippen molar-refractivity contribution in [2.45, 2.75) is 19.4 Å². The van der Waals surface area contributed by atoms with Gasteiger partial charge in [0.1, 0.15) is 17.5 Å². The van der Waals surface area contributed by atoms with Gasteiger partial charge >= 0.3 is 0 Å². The van der Waals surface area contributed by atoms with Crippen molar-refractivity contribution < 1.29 is 4.39 Å². The predicted molar refractivity (Wildman–Crippen MR) is 84.4 cm³/mol. The molecule has 0 aliphatic carbocycles. The van der Waals surface area contributed by atoms with E-state index in [4.69, 9.17) is 0 Å². The highest BCUT2D eigenvalue weighted by atomic mass is 19.1. The summed E-state index contributed by atoms with van der Waals surface area (Å²) in [7, 11) is 2.03. The second-order valence-corrected chi connectivity index (χ2v) is 5.88. The normalized spacial score (nSPS) is 19.6. The maximum atomic E-state index is 13.0. The fraction of sp³-hybridized carbons (Fsp3) is 0.500. The molecule has 118 valence electrons. The summed E-state index contributed by atoms with van der Waals surface area (Å²) < 4.78 is 15.1. The van der Waals surface area contributed by atoms with Crippen molar-refractivity contribution in [3.63, 3.8) is 0 Å².